The van der Waals surface area contributed by atoms with E-state index in [0.717, 1.165) is 16.3 Å². The number of hydrogen-bond donors (Lipinski definition) is 1. The second-order valence-corrected chi connectivity index (χ2v) is 5.66. The molecule has 2 unspecified atom stereocenters. The summed E-state index contributed by atoms with van der Waals surface area (Å²) in [6.07, 6.45) is 8.64. The Morgan fingerprint density at radius 2 is 2.12 bits per heavy atom. The Morgan fingerprint density at radius 1 is 1.25 bits per heavy atom. The van der Waals surface area contributed by atoms with Gasteiger partial charge in [0.2, 0.25) is 0 Å². The third-order valence-electron chi connectivity index (χ3n) is 3.70. The highest BCUT2D eigenvalue weighted by Crippen LogP contribution is 2.36. The maximum Gasteiger partial charge on any atom is 0.0410 e. The standard InChI is InChI=1S/C13H15BrN2/c14-13-4-12(7-16-8-13)9-1-2-10-5-15-6-11(10)3-9/h1,4,7-8,10-11,15H,2-3,5-6H2. The first-order chi connectivity index (χ1) is 7.83. The van der Waals surface area contributed by atoms with Gasteiger partial charge in [-0.15, -0.1) is 0 Å². The second kappa shape index (κ2) is 4.30. The zero-order valence-electron chi connectivity index (χ0n) is 9.12. The van der Waals surface area contributed by atoms with Crippen molar-refractivity contribution < 1.29 is 0 Å². The van der Waals surface area contributed by atoms with Gasteiger partial charge in [0.15, 0.2) is 0 Å². The van der Waals surface area contributed by atoms with E-state index in [-0.39, 0.29) is 0 Å². The summed E-state index contributed by atoms with van der Waals surface area (Å²) < 4.78 is 1.07. The Kier molecular flexibility index (Phi) is 2.82. The Morgan fingerprint density at radius 3 is 3.00 bits per heavy atom. The van der Waals surface area contributed by atoms with Crippen molar-refractivity contribution in [1.82, 2.24) is 10.3 Å². The molecule has 1 aliphatic carbocycles. The van der Waals surface area contributed by atoms with Crippen molar-refractivity contribution in [1.29, 1.82) is 0 Å². The van der Waals surface area contributed by atoms with Crippen LogP contribution in [0.3, 0.4) is 0 Å². The predicted octanol–water partition coefficient (Wildman–Crippen LogP) is 2.86. The Labute approximate surface area is 104 Å². The van der Waals surface area contributed by atoms with E-state index >= 15 is 0 Å². The average Bonchev–Trinajstić information content (AvgIpc) is 2.75. The maximum absolute atomic E-state index is 4.24. The molecule has 1 N–H and O–H groups in total. The maximum atomic E-state index is 4.24. The summed E-state index contributed by atoms with van der Waals surface area (Å²) in [7, 11) is 0. The number of halogens is 1. The topological polar surface area (TPSA) is 24.9 Å². The van der Waals surface area contributed by atoms with E-state index in [0.29, 0.717) is 0 Å². The van der Waals surface area contributed by atoms with Gasteiger partial charge in [-0.25, -0.2) is 0 Å². The first kappa shape index (κ1) is 10.5. The molecule has 1 aromatic heterocycles. The van der Waals surface area contributed by atoms with Gasteiger partial charge in [0.1, 0.15) is 0 Å². The zero-order chi connectivity index (χ0) is 11.0. The molecule has 0 spiro atoms. The molecule has 1 aliphatic heterocycles. The highest BCUT2D eigenvalue weighted by atomic mass is 79.9. The molecule has 0 saturated carbocycles. The van der Waals surface area contributed by atoms with Gasteiger partial charge in [0.05, 0.1) is 0 Å². The summed E-state index contributed by atoms with van der Waals surface area (Å²) >= 11 is 3.48. The summed E-state index contributed by atoms with van der Waals surface area (Å²) in [5.41, 5.74) is 2.75. The van der Waals surface area contributed by atoms with E-state index in [1.165, 1.54) is 37.1 Å². The van der Waals surface area contributed by atoms with Gasteiger partial charge in [0.25, 0.3) is 0 Å². The van der Waals surface area contributed by atoms with Gasteiger partial charge in [-0.05, 0) is 70.9 Å². The van der Waals surface area contributed by atoms with Crippen molar-refractivity contribution in [3.63, 3.8) is 0 Å². The summed E-state index contributed by atoms with van der Waals surface area (Å²) in [5, 5.41) is 3.49. The highest BCUT2D eigenvalue weighted by Gasteiger charge is 2.30. The molecule has 0 aromatic carbocycles. The number of allylic oxidation sites excluding steroid dienone is 2. The molecule has 84 valence electrons. The minimum absolute atomic E-state index is 0.832. The second-order valence-electron chi connectivity index (χ2n) is 4.74. The van der Waals surface area contributed by atoms with Crippen LogP contribution in [0.1, 0.15) is 18.4 Å². The minimum Gasteiger partial charge on any atom is -0.316 e. The monoisotopic (exact) mass is 278 g/mol. The van der Waals surface area contributed by atoms with Crippen LogP contribution in [-0.2, 0) is 0 Å². The normalized spacial score (nSPS) is 28.7. The molecule has 3 rings (SSSR count). The molecule has 2 atom stereocenters. The molecule has 16 heavy (non-hydrogen) atoms. The minimum atomic E-state index is 0.832. The average molecular weight is 279 g/mol. The number of nitrogens with one attached hydrogen (secondary N) is 1. The molecule has 2 aliphatic rings. The highest BCUT2D eigenvalue weighted by molar-refractivity contribution is 9.10. The molecule has 1 saturated heterocycles. The van der Waals surface area contributed by atoms with Crippen LogP contribution in [0.5, 0.6) is 0 Å². The van der Waals surface area contributed by atoms with Gasteiger partial charge < -0.3 is 5.32 Å². The van der Waals surface area contributed by atoms with Gasteiger partial charge in [-0.2, -0.15) is 0 Å². The van der Waals surface area contributed by atoms with Crippen LogP contribution in [0.15, 0.2) is 29.0 Å². The van der Waals surface area contributed by atoms with Crippen molar-refractivity contribution in [3.8, 4) is 0 Å². The number of nitrogens with zero attached hydrogens (tertiary/aromatic N) is 1. The van der Waals surface area contributed by atoms with Gasteiger partial charge >= 0.3 is 0 Å². The lowest BCUT2D eigenvalue weighted by atomic mass is 9.80. The van der Waals surface area contributed by atoms with Crippen LogP contribution in [0, 0.1) is 11.8 Å². The Bertz CT molecular complexity index is 428. The number of rotatable bonds is 1. The van der Waals surface area contributed by atoms with Gasteiger partial charge in [-0.1, -0.05) is 6.08 Å². The Balaban J connectivity index is 1.85. The number of aromatic nitrogens is 1. The zero-order valence-corrected chi connectivity index (χ0v) is 10.7. The van der Waals surface area contributed by atoms with Gasteiger partial charge in [0, 0.05) is 16.9 Å². The van der Waals surface area contributed by atoms with E-state index < -0.39 is 0 Å². The molecule has 1 fully saturated rings. The van der Waals surface area contributed by atoms with Crippen molar-refractivity contribution >= 4 is 21.5 Å². The van der Waals surface area contributed by atoms with E-state index in [1.54, 1.807) is 0 Å². The molecule has 2 heterocycles. The molecular weight excluding hydrogens is 264 g/mol. The van der Waals surface area contributed by atoms with Crippen molar-refractivity contribution in [2.75, 3.05) is 13.1 Å². The Hall–Kier alpha value is -0.670. The summed E-state index contributed by atoms with van der Waals surface area (Å²) in [6, 6.07) is 2.17. The van der Waals surface area contributed by atoms with Crippen LogP contribution < -0.4 is 5.32 Å². The first-order valence-electron chi connectivity index (χ1n) is 5.83. The predicted molar refractivity (Wildman–Crippen MR) is 69.0 cm³/mol. The van der Waals surface area contributed by atoms with E-state index in [4.69, 9.17) is 0 Å². The fraction of sp³-hybridized carbons (Fsp3) is 0.462. The molecular formula is C13H15BrN2. The van der Waals surface area contributed by atoms with Crippen LogP contribution in [0.4, 0.5) is 0 Å². The van der Waals surface area contributed by atoms with Crippen molar-refractivity contribution in [2.24, 2.45) is 11.8 Å². The van der Waals surface area contributed by atoms with Gasteiger partial charge in [-0.3, -0.25) is 4.98 Å². The van der Waals surface area contributed by atoms with E-state index in [2.05, 4.69) is 38.4 Å². The van der Waals surface area contributed by atoms with Crippen LogP contribution >= 0.6 is 15.9 Å². The molecule has 3 heteroatoms. The van der Waals surface area contributed by atoms with Crippen LogP contribution in [-0.4, -0.2) is 18.1 Å². The molecule has 1 aromatic rings. The number of pyridine rings is 1. The third-order valence-corrected chi connectivity index (χ3v) is 4.14. The molecule has 2 nitrogen and oxygen atoms in total. The van der Waals surface area contributed by atoms with E-state index in [9.17, 15) is 0 Å². The lowest BCUT2D eigenvalue weighted by Crippen LogP contribution is -2.16. The lowest BCUT2D eigenvalue weighted by molar-refractivity contribution is 0.418. The third kappa shape index (κ3) is 1.94. The fourth-order valence-corrected chi connectivity index (χ4v) is 3.15. The number of fused-ring (bicyclic) bond motifs is 1. The summed E-state index contributed by atoms with van der Waals surface area (Å²) in [5.74, 6) is 1.70. The number of hydrogen-bond acceptors (Lipinski definition) is 2. The first-order valence-corrected chi connectivity index (χ1v) is 6.63. The summed E-state index contributed by atoms with van der Waals surface area (Å²) in [4.78, 5) is 4.24. The van der Waals surface area contributed by atoms with Crippen LogP contribution in [0.25, 0.3) is 5.57 Å². The van der Waals surface area contributed by atoms with Crippen molar-refractivity contribution in [3.05, 3.63) is 34.6 Å². The lowest BCUT2D eigenvalue weighted by Gasteiger charge is -2.24. The molecule has 0 bridgehead atoms. The quantitative estimate of drug-likeness (QED) is 0.855. The van der Waals surface area contributed by atoms with Crippen molar-refractivity contribution in [2.45, 2.75) is 12.8 Å². The SMILES string of the molecule is Brc1cncc(C2=CCC3CNCC3C2)c1. The fourth-order valence-electron chi connectivity index (χ4n) is 2.78. The molecule has 0 radical (unpaired) electrons. The summed E-state index contributed by atoms with van der Waals surface area (Å²) in [6.45, 7) is 2.38. The van der Waals surface area contributed by atoms with E-state index in [1.807, 2.05) is 12.4 Å². The van der Waals surface area contributed by atoms with Crippen LogP contribution in [0.2, 0.25) is 0 Å². The largest absolute Gasteiger partial charge is 0.316 e. The molecule has 0 amide bonds. The smallest absolute Gasteiger partial charge is 0.0410 e.